The summed E-state index contributed by atoms with van der Waals surface area (Å²) in [6.07, 6.45) is 7.98. The fourth-order valence-electron chi connectivity index (χ4n) is 4.58. The number of pyridine rings is 1. The quantitative estimate of drug-likeness (QED) is 0.813. The summed E-state index contributed by atoms with van der Waals surface area (Å²) >= 11 is 0. The first-order valence-electron chi connectivity index (χ1n) is 10.8. The van der Waals surface area contributed by atoms with E-state index in [1.54, 1.807) is 18.3 Å². The highest BCUT2D eigenvalue weighted by atomic mass is 16.5. The van der Waals surface area contributed by atoms with Gasteiger partial charge in [-0.15, -0.1) is 0 Å². The fraction of sp³-hybridized carbons (Fsp3) is 0.591. The van der Waals surface area contributed by atoms with Crippen LogP contribution in [0.3, 0.4) is 0 Å². The molecule has 5 rings (SSSR count). The minimum atomic E-state index is 0.550. The van der Waals surface area contributed by atoms with Gasteiger partial charge in [-0.3, -0.25) is 9.58 Å². The first-order valence-corrected chi connectivity index (χ1v) is 10.8. The van der Waals surface area contributed by atoms with Crippen molar-refractivity contribution >= 4 is 11.6 Å². The molecule has 0 unspecified atom stereocenters. The molecular formula is C22H28N6O. The van der Waals surface area contributed by atoms with Crippen LogP contribution in [0.1, 0.15) is 49.3 Å². The molecule has 7 nitrogen and oxygen atoms in total. The van der Waals surface area contributed by atoms with Crippen molar-refractivity contribution in [3.63, 3.8) is 0 Å². The topological polar surface area (TPSA) is 79.0 Å². The zero-order valence-electron chi connectivity index (χ0n) is 16.8. The van der Waals surface area contributed by atoms with E-state index < -0.39 is 0 Å². The number of anilines is 2. The summed E-state index contributed by atoms with van der Waals surface area (Å²) in [6.45, 7) is 5.09. The molecule has 0 bridgehead atoms. The third kappa shape index (κ3) is 4.00. The number of aromatic nitrogens is 3. The van der Waals surface area contributed by atoms with Crippen molar-refractivity contribution in [1.29, 1.82) is 5.26 Å². The summed E-state index contributed by atoms with van der Waals surface area (Å²) in [5.41, 5.74) is 1.95. The smallest absolute Gasteiger partial charge is 0.153 e. The van der Waals surface area contributed by atoms with Gasteiger partial charge in [0.15, 0.2) is 5.82 Å². The van der Waals surface area contributed by atoms with E-state index in [4.69, 9.17) is 15.1 Å². The zero-order chi connectivity index (χ0) is 19.6. The Hall–Kier alpha value is -2.43. The minimum Gasteiger partial charge on any atom is -0.378 e. The maximum Gasteiger partial charge on any atom is 0.153 e. The Morgan fingerprint density at radius 1 is 1.14 bits per heavy atom. The molecule has 0 aromatic carbocycles. The van der Waals surface area contributed by atoms with Crippen LogP contribution >= 0.6 is 0 Å². The van der Waals surface area contributed by atoms with E-state index in [1.165, 1.54) is 37.8 Å². The minimum absolute atomic E-state index is 0.550. The number of nitrogens with one attached hydrogen (secondary N) is 1. The van der Waals surface area contributed by atoms with Crippen LogP contribution < -0.4 is 5.32 Å². The van der Waals surface area contributed by atoms with Crippen LogP contribution in [0.2, 0.25) is 0 Å². The van der Waals surface area contributed by atoms with Gasteiger partial charge in [-0.1, -0.05) is 6.42 Å². The molecule has 7 heteroatoms. The molecule has 29 heavy (non-hydrogen) atoms. The molecule has 2 saturated heterocycles. The number of nitrogens with zero attached hydrogens (tertiary/aromatic N) is 5. The first kappa shape index (κ1) is 18.6. The molecule has 4 heterocycles. The van der Waals surface area contributed by atoms with Crippen molar-refractivity contribution in [2.24, 2.45) is 5.92 Å². The van der Waals surface area contributed by atoms with Gasteiger partial charge in [0.25, 0.3) is 0 Å². The number of rotatable bonds is 6. The van der Waals surface area contributed by atoms with Gasteiger partial charge in [-0.2, -0.15) is 10.4 Å². The number of hydrogen-bond acceptors (Lipinski definition) is 6. The highest BCUT2D eigenvalue weighted by molar-refractivity contribution is 5.54. The highest BCUT2D eigenvalue weighted by Crippen LogP contribution is 2.34. The van der Waals surface area contributed by atoms with Crippen LogP contribution in [0.4, 0.5) is 11.6 Å². The van der Waals surface area contributed by atoms with Gasteiger partial charge in [0, 0.05) is 30.4 Å². The van der Waals surface area contributed by atoms with Crippen LogP contribution in [0.5, 0.6) is 0 Å². The number of likely N-dealkylation sites (tertiary alicyclic amines) is 1. The molecule has 1 saturated carbocycles. The van der Waals surface area contributed by atoms with Gasteiger partial charge in [0.2, 0.25) is 0 Å². The summed E-state index contributed by atoms with van der Waals surface area (Å²) < 4.78 is 7.61. The largest absolute Gasteiger partial charge is 0.378 e. The predicted octanol–water partition coefficient (Wildman–Crippen LogP) is 3.27. The van der Waals surface area contributed by atoms with Gasteiger partial charge in [0.1, 0.15) is 5.82 Å². The van der Waals surface area contributed by atoms with Crippen molar-refractivity contribution in [3.8, 4) is 6.07 Å². The Morgan fingerprint density at radius 2 is 1.97 bits per heavy atom. The molecule has 0 radical (unpaired) electrons. The molecular weight excluding hydrogens is 364 g/mol. The van der Waals surface area contributed by atoms with E-state index in [1.807, 2.05) is 0 Å². The Bertz CT molecular complexity index is 887. The van der Waals surface area contributed by atoms with E-state index >= 15 is 0 Å². The van der Waals surface area contributed by atoms with Crippen LogP contribution in [0.25, 0.3) is 0 Å². The van der Waals surface area contributed by atoms with E-state index in [-0.39, 0.29) is 0 Å². The second-order valence-electron chi connectivity index (χ2n) is 8.60. The van der Waals surface area contributed by atoms with Gasteiger partial charge in [-0.05, 0) is 56.8 Å². The maximum absolute atomic E-state index is 9.12. The van der Waals surface area contributed by atoms with Crippen LogP contribution in [0, 0.1) is 17.2 Å². The molecule has 2 aromatic heterocycles. The summed E-state index contributed by atoms with van der Waals surface area (Å²) in [5, 5.41) is 17.3. The lowest BCUT2D eigenvalue weighted by Gasteiger charge is -2.41. The van der Waals surface area contributed by atoms with E-state index in [9.17, 15) is 0 Å². The molecule has 3 aliphatic rings. The van der Waals surface area contributed by atoms with Crippen molar-refractivity contribution in [1.82, 2.24) is 19.7 Å². The lowest BCUT2D eigenvalue weighted by molar-refractivity contribution is -0.0714. The Morgan fingerprint density at radius 3 is 2.62 bits per heavy atom. The van der Waals surface area contributed by atoms with Gasteiger partial charge < -0.3 is 10.1 Å². The van der Waals surface area contributed by atoms with Crippen LogP contribution in [-0.4, -0.2) is 52.0 Å². The van der Waals surface area contributed by atoms with Crippen LogP contribution in [0.15, 0.2) is 24.4 Å². The molecule has 2 aromatic rings. The van der Waals surface area contributed by atoms with E-state index in [2.05, 4.69) is 32.0 Å². The van der Waals surface area contributed by atoms with Crippen molar-refractivity contribution in [2.45, 2.75) is 50.6 Å². The molecule has 0 spiro atoms. The second-order valence-corrected chi connectivity index (χ2v) is 8.60. The molecule has 0 atom stereocenters. The summed E-state index contributed by atoms with van der Waals surface area (Å²) in [4.78, 5) is 6.92. The Balaban J connectivity index is 1.33. The zero-order valence-corrected chi connectivity index (χ0v) is 16.8. The lowest BCUT2D eigenvalue weighted by atomic mass is 9.85. The van der Waals surface area contributed by atoms with Crippen molar-refractivity contribution < 1.29 is 4.74 Å². The molecule has 1 aliphatic carbocycles. The molecule has 2 aliphatic heterocycles. The van der Waals surface area contributed by atoms with Gasteiger partial charge >= 0.3 is 0 Å². The van der Waals surface area contributed by atoms with Crippen LogP contribution in [-0.2, 0) is 11.3 Å². The number of hydrogen-bond donors (Lipinski definition) is 1. The average molecular weight is 393 g/mol. The average Bonchev–Trinajstić information content (AvgIpc) is 3.06. The van der Waals surface area contributed by atoms with Crippen molar-refractivity contribution in [3.05, 3.63) is 35.7 Å². The normalized spacial score (nSPS) is 21.3. The summed E-state index contributed by atoms with van der Waals surface area (Å²) in [5.74, 6) is 2.81. The maximum atomic E-state index is 9.12. The Kier molecular flexibility index (Phi) is 5.21. The molecule has 3 fully saturated rings. The first-order chi connectivity index (χ1) is 14.3. The molecule has 1 N–H and O–H groups in total. The third-order valence-corrected chi connectivity index (χ3v) is 6.70. The fourth-order valence-corrected chi connectivity index (χ4v) is 4.58. The Labute approximate surface area is 171 Å². The molecule has 152 valence electrons. The van der Waals surface area contributed by atoms with E-state index in [0.717, 1.165) is 44.6 Å². The number of ether oxygens (including phenoxy) is 1. The summed E-state index contributed by atoms with van der Waals surface area (Å²) in [7, 11) is 0. The lowest BCUT2D eigenvalue weighted by Crippen LogP contribution is -2.51. The van der Waals surface area contributed by atoms with Crippen molar-refractivity contribution in [2.75, 3.05) is 31.6 Å². The van der Waals surface area contributed by atoms with E-state index in [0.29, 0.717) is 23.3 Å². The molecule has 0 amide bonds. The second kappa shape index (κ2) is 8.13. The third-order valence-electron chi connectivity index (χ3n) is 6.70. The summed E-state index contributed by atoms with van der Waals surface area (Å²) in [6, 6.07) is 8.48. The monoisotopic (exact) mass is 392 g/mol. The predicted molar refractivity (Wildman–Crippen MR) is 110 cm³/mol. The standard InChI is InChI=1S/C22H28N6O/c23-12-17-4-7-24-21(10-17)25-22-11-20(28(26-22)13-16-2-1-3-16)18-5-8-27(9-6-18)19-14-29-15-19/h4,7,10-11,16,18-19H,1-3,5-6,8-9,13-15H2,(H,24,25,26). The number of piperidine rings is 1. The van der Waals surface area contributed by atoms with Gasteiger partial charge in [-0.25, -0.2) is 4.98 Å². The highest BCUT2D eigenvalue weighted by Gasteiger charge is 2.32. The SMILES string of the molecule is N#Cc1ccnc(Nc2cc(C3CCN(C4COC4)CC3)n(CC3CCC3)n2)c1. The number of nitriles is 1. The van der Waals surface area contributed by atoms with Gasteiger partial charge in [0.05, 0.1) is 30.9 Å².